The Balaban J connectivity index is 2.57. The fourth-order valence-corrected chi connectivity index (χ4v) is 2.88. The van der Waals surface area contributed by atoms with E-state index in [1.54, 1.807) is 0 Å². The van der Waals surface area contributed by atoms with E-state index in [9.17, 15) is 24.0 Å². The van der Waals surface area contributed by atoms with Gasteiger partial charge in [0.2, 0.25) is 12.2 Å². The van der Waals surface area contributed by atoms with E-state index in [-0.39, 0.29) is 15.7 Å². The normalized spacial score (nSPS) is 21.9. The third-order valence-corrected chi connectivity index (χ3v) is 4.31. The Morgan fingerprint density at radius 2 is 1.29 bits per heavy atom. The molecule has 0 saturated carbocycles. The summed E-state index contributed by atoms with van der Waals surface area (Å²) in [5.41, 5.74) is -0.0000194. The average Bonchev–Trinajstić information content (AvgIpc) is 2.57. The zero-order valence-electron chi connectivity index (χ0n) is 14.9. The van der Waals surface area contributed by atoms with Crippen LogP contribution >= 0.6 is 23.2 Å². The van der Waals surface area contributed by atoms with Crippen molar-refractivity contribution in [3.8, 4) is 0 Å². The lowest BCUT2D eigenvalue weighted by Crippen LogP contribution is -2.65. The average molecular weight is 432 g/mol. The van der Waals surface area contributed by atoms with Gasteiger partial charge in [-0.2, -0.15) is 0 Å². The summed E-state index contributed by atoms with van der Waals surface area (Å²) in [6, 6.07) is 3.91. The SMILES string of the molecule is CC(=O)OC1[C@H](OC(C)=O)C(=O)N(c2ccc(Cl)c(Cl)c2)C(=O)[C@@H]1OC(C)=O. The number of amides is 2. The molecule has 0 aliphatic carbocycles. The Hall–Kier alpha value is -2.65. The lowest BCUT2D eigenvalue weighted by atomic mass is 9.98. The summed E-state index contributed by atoms with van der Waals surface area (Å²) in [4.78, 5) is 60.9. The Morgan fingerprint density at radius 1 is 0.821 bits per heavy atom. The van der Waals surface area contributed by atoms with E-state index in [1.165, 1.54) is 18.2 Å². The van der Waals surface area contributed by atoms with Gasteiger partial charge in [0.05, 0.1) is 15.7 Å². The molecule has 3 atom stereocenters. The fourth-order valence-electron chi connectivity index (χ4n) is 2.59. The molecule has 1 heterocycles. The van der Waals surface area contributed by atoms with Crippen molar-refractivity contribution in [2.45, 2.75) is 39.1 Å². The van der Waals surface area contributed by atoms with Crippen LogP contribution in [0.5, 0.6) is 0 Å². The standard InChI is InChI=1S/C17H15Cl2NO8/c1-7(21)26-13-14(27-8(2)22)16(24)20(17(25)15(13)28-9(3)23)10-4-5-11(18)12(19)6-10/h4-6,13-15H,1-3H3/t13?,14-,15+. The molecule has 0 radical (unpaired) electrons. The fraction of sp³-hybridized carbons (Fsp3) is 0.353. The van der Waals surface area contributed by atoms with Crippen LogP contribution in [0.3, 0.4) is 0 Å². The van der Waals surface area contributed by atoms with Gasteiger partial charge in [-0.25, -0.2) is 4.90 Å². The van der Waals surface area contributed by atoms with E-state index in [2.05, 4.69) is 0 Å². The topological polar surface area (TPSA) is 116 Å². The highest BCUT2D eigenvalue weighted by Crippen LogP contribution is 2.32. The molecule has 1 aromatic rings. The Kier molecular flexibility index (Phi) is 6.63. The molecule has 1 unspecified atom stereocenters. The van der Waals surface area contributed by atoms with Crippen molar-refractivity contribution in [2.24, 2.45) is 0 Å². The second-order valence-electron chi connectivity index (χ2n) is 5.74. The zero-order valence-corrected chi connectivity index (χ0v) is 16.4. The summed E-state index contributed by atoms with van der Waals surface area (Å²) in [6.45, 7) is 3.08. The van der Waals surface area contributed by atoms with E-state index in [4.69, 9.17) is 37.4 Å². The van der Waals surface area contributed by atoms with E-state index in [0.717, 1.165) is 20.8 Å². The van der Waals surface area contributed by atoms with Gasteiger partial charge in [-0.05, 0) is 18.2 Å². The molecule has 2 amide bonds. The summed E-state index contributed by atoms with van der Waals surface area (Å²) in [5.74, 6) is -4.63. The predicted octanol–water partition coefficient (Wildman–Crippen LogP) is 1.66. The van der Waals surface area contributed by atoms with Crippen LogP contribution in [0.1, 0.15) is 20.8 Å². The van der Waals surface area contributed by atoms with Crippen molar-refractivity contribution >= 4 is 58.6 Å². The van der Waals surface area contributed by atoms with Crippen molar-refractivity contribution < 1.29 is 38.2 Å². The second-order valence-corrected chi connectivity index (χ2v) is 6.56. The summed E-state index contributed by atoms with van der Waals surface area (Å²) in [5, 5.41) is 0.225. The number of carbonyl (C=O) groups is 5. The van der Waals surface area contributed by atoms with E-state index in [0.29, 0.717) is 4.90 Å². The molecule has 1 saturated heterocycles. The molecular formula is C17H15Cl2NO8. The van der Waals surface area contributed by atoms with Crippen LogP contribution in [0.15, 0.2) is 18.2 Å². The molecule has 1 fully saturated rings. The number of piperidine rings is 1. The summed E-state index contributed by atoms with van der Waals surface area (Å²) < 4.78 is 14.9. The number of hydrogen-bond acceptors (Lipinski definition) is 8. The van der Waals surface area contributed by atoms with Crippen molar-refractivity contribution in [3.05, 3.63) is 28.2 Å². The molecule has 1 aliphatic rings. The molecule has 28 heavy (non-hydrogen) atoms. The van der Waals surface area contributed by atoms with Gasteiger partial charge in [0.1, 0.15) is 0 Å². The van der Waals surface area contributed by atoms with Gasteiger partial charge < -0.3 is 14.2 Å². The van der Waals surface area contributed by atoms with Crippen LogP contribution in [-0.2, 0) is 38.2 Å². The first kappa shape index (κ1) is 21.6. The first-order chi connectivity index (χ1) is 13.0. The zero-order chi connectivity index (χ0) is 21.2. The highest BCUT2D eigenvalue weighted by atomic mass is 35.5. The van der Waals surface area contributed by atoms with Crippen molar-refractivity contribution in [2.75, 3.05) is 4.90 Å². The van der Waals surface area contributed by atoms with Gasteiger partial charge in [-0.15, -0.1) is 0 Å². The number of rotatable bonds is 4. The van der Waals surface area contributed by atoms with Crippen LogP contribution in [0.4, 0.5) is 5.69 Å². The molecule has 2 rings (SSSR count). The summed E-state index contributed by atoms with van der Waals surface area (Å²) >= 11 is 11.8. The molecule has 150 valence electrons. The number of halogens is 2. The van der Waals surface area contributed by atoms with Gasteiger partial charge in [0.15, 0.2) is 6.10 Å². The minimum Gasteiger partial charge on any atom is -0.453 e. The monoisotopic (exact) mass is 431 g/mol. The molecule has 0 N–H and O–H groups in total. The van der Waals surface area contributed by atoms with Crippen LogP contribution < -0.4 is 4.90 Å². The highest BCUT2D eigenvalue weighted by molar-refractivity contribution is 6.42. The number of ether oxygens (including phenoxy) is 3. The highest BCUT2D eigenvalue weighted by Gasteiger charge is 2.54. The van der Waals surface area contributed by atoms with Crippen LogP contribution in [0.2, 0.25) is 10.0 Å². The van der Waals surface area contributed by atoms with E-state index < -0.39 is 48.0 Å². The van der Waals surface area contributed by atoms with E-state index in [1.807, 2.05) is 0 Å². The molecule has 1 aliphatic heterocycles. The lowest BCUT2D eigenvalue weighted by molar-refractivity contribution is -0.191. The minimum atomic E-state index is -1.72. The lowest BCUT2D eigenvalue weighted by Gasteiger charge is -2.39. The maximum absolute atomic E-state index is 12.9. The summed E-state index contributed by atoms with van der Waals surface area (Å²) in [7, 11) is 0. The molecular weight excluding hydrogens is 417 g/mol. The number of imide groups is 1. The first-order valence-corrected chi connectivity index (χ1v) is 8.63. The number of carbonyl (C=O) groups excluding carboxylic acids is 5. The first-order valence-electron chi connectivity index (χ1n) is 7.87. The molecule has 1 aromatic carbocycles. The Morgan fingerprint density at radius 3 is 1.68 bits per heavy atom. The van der Waals surface area contributed by atoms with Gasteiger partial charge in [0.25, 0.3) is 11.8 Å². The van der Waals surface area contributed by atoms with Crippen LogP contribution in [0.25, 0.3) is 0 Å². The number of benzene rings is 1. The van der Waals surface area contributed by atoms with Crippen LogP contribution in [0, 0.1) is 0 Å². The van der Waals surface area contributed by atoms with Gasteiger partial charge >= 0.3 is 17.9 Å². The smallest absolute Gasteiger partial charge is 0.303 e. The molecule has 0 bridgehead atoms. The number of anilines is 1. The van der Waals surface area contributed by atoms with Crippen molar-refractivity contribution in [1.82, 2.24) is 0 Å². The maximum atomic E-state index is 12.9. The third kappa shape index (κ3) is 4.60. The largest absolute Gasteiger partial charge is 0.453 e. The van der Waals surface area contributed by atoms with Crippen LogP contribution in [-0.4, -0.2) is 48.0 Å². The van der Waals surface area contributed by atoms with Gasteiger partial charge in [0, 0.05) is 20.8 Å². The third-order valence-electron chi connectivity index (χ3n) is 3.57. The van der Waals surface area contributed by atoms with Gasteiger partial charge in [-0.1, -0.05) is 23.2 Å². The Bertz CT molecular complexity index is 820. The van der Waals surface area contributed by atoms with Crippen molar-refractivity contribution in [3.63, 3.8) is 0 Å². The minimum absolute atomic E-state index is 0.0000194. The Labute approximate surface area is 169 Å². The molecule has 0 aromatic heterocycles. The maximum Gasteiger partial charge on any atom is 0.303 e. The number of esters is 3. The molecule has 11 heteroatoms. The molecule has 0 spiro atoms. The number of nitrogens with zero attached hydrogens (tertiary/aromatic N) is 1. The van der Waals surface area contributed by atoms with Crippen molar-refractivity contribution in [1.29, 1.82) is 0 Å². The quantitative estimate of drug-likeness (QED) is 0.401. The predicted molar refractivity (Wildman–Crippen MR) is 95.6 cm³/mol. The second kappa shape index (κ2) is 8.57. The number of hydrogen-bond donors (Lipinski definition) is 0. The van der Waals surface area contributed by atoms with E-state index >= 15 is 0 Å². The van der Waals surface area contributed by atoms with Gasteiger partial charge in [-0.3, -0.25) is 24.0 Å². The summed E-state index contributed by atoms with van der Waals surface area (Å²) in [6.07, 6.45) is -5.10. The molecule has 9 nitrogen and oxygen atoms in total.